The van der Waals surface area contributed by atoms with Gasteiger partial charge in [0.05, 0.1) is 26.4 Å². The third-order valence-electron chi connectivity index (χ3n) is 15.5. The largest absolute Gasteiger partial charge is 0.481 e. The number of ether oxygens (including phenoxy) is 3. The van der Waals surface area contributed by atoms with Gasteiger partial charge in [0.25, 0.3) is 22.6 Å². The maximum Gasteiger partial charge on any atom is 0.481 e. The highest BCUT2D eigenvalue weighted by molar-refractivity contribution is 7.70. The number of rotatable bonds is 27. The predicted molar refractivity (Wildman–Crippen MR) is 343 cm³/mol. The first-order valence-corrected chi connectivity index (χ1v) is 39.7. The van der Waals surface area contributed by atoms with Crippen LogP contribution in [0, 0.1) is 37.1 Å². The van der Waals surface area contributed by atoms with E-state index in [1.165, 1.54) is 32.0 Å². The molecular formula is C54H66F6N6O35P6. The van der Waals surface area contributed by atoms with Crippen molar-refractivity contribution in [1.82, 2.24) is 27.4 Å². The van der Waals surface area contributed by atoms with Gasteiger partial charge in [-0.15, -0.1) is 0 Å². The summed E-state index contributed by atoms with van der Waals surface area (Å²) >= 11 is 0. The van der Waals surface area contributed by atoms with Gasteiger partial charge in [0.2, 0.25) is 0 Å². The van der Waals surface area contributed by atoms with E-state index in [1.807, 2.05) is 0 Å². The molecule has 0 radical (unpaired) electrons. The Bertz CT molecular complexity index is 4900. The van der Waals surface area contributed by atoms with E-state index in [0.29, 0.717) is 21.3 Å². The van der Waals surface area contributed by atoms with Crippen LogP contribution in [-0.4, -0.2) is 183 Å². The Hall–Kier alpha value is -6.26. The first-order valence-electron chi connectivity index (χ1n) is 30.1. The van der Waals surface area contributed by atoms with Crippen molar-refractivity contribution in [2.75, 3.05) is 25.7 Å². The number of halogens is 6. The zero-order valence-electron chi connectivity index (χ0n) is 54.5. The van der Waals surface area contributed by atoms with Crippen LogP contribution < -0.4 is 33.7 Å². The number of hydrogen-bond acceptors (Lipinski definition) is 26. The molecule has 0 aliphatic carbocycles. The normalized spacial score (nSPS) is 24.4. The molecule has 0 saturated carbocycles. The third-order valence-corrected chi connectivity index (χ3v) is 23.2. The van der Waals surface area contributed by atoms with E-state index in [-0.39, 0.29) is 52.8 Å². The maximum absolute atomic E-state index is 14.8. The summed E-state index contributed by atoms with van der Waals surface area (Å²) in [7, 11) is -31.1. The standard InChI is InChI=1S/2C18H22F2N2O12P2.C18H22F2N2O11P2/c1-9-7-22(18(26)21(16(9)25)5-4-10-2-3-11(19)6-12(10)20)17-15(24)14(23)13(33-17)8-32-36(30,31)34-35(27,28)29;1-10-7-21(17(26)22(15(10)25)9-18(19,20)11-5-3-2-4-6-11)16-14(24)13(23)12(33-16)8-32-36(30,31)34-35(27,28)29;19-11-2-1-10(12(20)7-11)3-5-21-14(23)4-6-22(18(21)26)17-16(25)15(24)13(33-17)8-32-35(30,31)9-34(27,28)29/h2-3,6-7,13-15,17,23-24H,4-5,8H2,1H3,(H,30,31)(H2,27,28,29);2-7,12-14,16,23-24H,8-9H2,1H3,(H,30,31)(H2,27,28,29);1-2,4,6-7,13,15-17,24-25H,3,5,8-9H2,(H,30,31)(H2,27,28,29)/t13-,14+,15?,17-;12-,13+,14?,16-;13-,15+,16?,17-/m111/s1. The van der Waals surface area contributed by atoms with Crippen molar-refractivity contribution in [2.24, 2.45) is 0 Å². The van der Waals surface area contributed by atoms with E-state index in [0.717, 1.165) is 74.8 Å². The molecule has 0 bridgehead atoms. The lowest BCUT2D eigenvalue weighted by Crippen LogP contribution is -2.46. The van der Waals surface area contributed by atoms with Crippen LogP contribution in [0.5, 0.6) is 0 Å². The Morgan fingerprint density at radius 3 is 1.25 bits per heavy atom. The van der Waals surface area contributed by atoms with E-state index >= 15 is 0 Å². The summed E-state index contributed by atoms with van der Waals surface area (Å²) < 4.78 is 191. The molecule has 3 aromatic heterocycles. The third kappa shape index (κ3) is 23.4. The van der Waals surface area contributed by atoms with Crippen molar-refractivity contribution in [2.45, 2.75) is 126 Å². The molecule has 107 heavy (non-hydrogen) atoms. The molecule has 0 spiro atoms. The molecule has 41 nitrogen and oxygen atoms in total. The van der Waals surface area contributed by atoms with Gasteiger partial charge in [-0.3, -0.25) is 60.0 Å². The number of aliphatic hydroxyl groups is 6. The van der Waals surface area contributed by atoms with Crippen molar-refractivity contribution in [3.05, 3.63) is 205 Å². The van der Waals surface area contributed by atoms with Crippen LogP contribution in [0.3, 0.4) is 0 Å². The van der Waals surface area contributed by atoms with E-state index in [2.05, 4.69) is 22.2 Å². The molecule has 3 saturated heterocycles. The van der Waals surface area contributed by atoms with E-state index < -0.39 is 221 Å². The SMILES string of the molecule is Cc1cn([C@@H]2O[C@H](COP(=O)(O)OP(=O)(O)O)[C@H](O)C2O)c(=O)n(CC(F)(F)c2ccccc2)c1=O.Cc1cn([C@@H]2O[C@H](COP(=O)(O)OP(=O)(O)O)[C@H](O)C2O)c(=O)n(CCc2ccc(F)cc2F)c1=O.O=c1ccn([C@@H]2O[C@H](COP(=O)(O)CP(=O)(O)O)[C@H](O)C2O)c(=O)n1CCc1ccc(F)cc1F. The summed E-state index contributed by atoms with van der Waals surface area (Å²) in [6.45, 7) is -2.31. The van der Waals surface area contributed by atoms with Gasteiger partial charge >= 0.3 is 63.6 Å². The Morgan fingerprint density at radius 1 is 0.477 bits per heavy atom. The Kier molecular flexibility index (Phi) is 28.8. The molecule has 6 heterocycles. The second-order valence-corrected chi connectivity index (χ2v) is 33.1. The molecule has 3 fully saturated rings. The molecule has 0 amide bonds. The molecular weight excluding hydrogens is 1590 g/mol. The number of nitrogens with zero attached hydrogens (tertiary/aromatic N) is 6. The molecule has 53 heteroatoms. The second kappa shape index (κ2) is 35.0. The number of phosphoric ester groups is 2. The van der Waals surface area contributed by atoms with Crippen LogP contribution in [0.2, 0.25) is 0 Å². The topological polar surface area (TPSA) is 612 Å². The van der Waals surface area contributed by atoms with Gasteiger partial charge in [0.1, 0.15) is 78.2 Å². The fourth-order valence-electron chi connectivity index (χ4n) is 10.4. The number of aliphatic hydroxyl groups excluding tert-OH is 6. The number of alkyl halides is 2. The fraction of sp³-hybridized carbons (Fsp3) is 0.444. The van der Waals surface area contributed by atoms with Crippen molar-refractivity contribution in [3.63, 3.8) is 0 Å². The zero-order chi connectivity index (χ0) is 80.2. The first kappa shape index (κ1) is 88.0. The van der Waals surface area contributed by atoms with Gasteiger partial charge in [-0.25, -0.2) is 50.2 Å². The monoisotopic (exact) mass is 1660 g/mol. The molecule has 9 rings (SSSR count). The Balaban J connectivity index is 0.000000224. The van der Waals surface area contributed by atoms with Crippen LogP contribution in [-0.2, 0) is 102 Å². The minimum atomic E-state index is -5.43. The first-order chi connectivity index (χ1) is 49.3. The zero-order valence-corrected chi connectivity index (χ0v) is 59.8. The van der Waals surface area contributed by atoms with Gasteiger partial charge in [-0.2, -0.15) is 17.4 Å². The average molecular weight is 1660 g/mol. The molecule has 3 aliphatic heterocycles. The smallest absolute Gasteiger partial charge is 0.387 e. The number of benzene rings is 3. The highest BCUT2D eigenvalue weighted by atomic mass is 31.3. The van der Waals surface area contributed by atoms with Crippen molar-refractivity contribution in [1.29, 1.82) is 0 Å². The molecule has 3 aliphatic rings. The molecule has 15 N–H and O–H groups in total. The highest BCUT2D eigenvalue weighted by Crippen LogP contribution is 2.59. The molecule has 6 unspecified atom stereocenters. The summed E-state index contributed by atoms with van der Waals surface area (Å²) in [6, 6.07) is 13.0. The molecule has 3 aromatic carbocycles. The number of phosphoric acid groups is 4. The minimum Gasteiger partial charge on any atom is -0.387 e. The number of hydrogen-bond donors (Lipinski definition) is 15. The van der Waals surface area contributed by atoms with Gasteiger partial charge in [0, 0.05) is 66.6 Å². The fourth-order valence-corrected chi connectivity index (χ4v) is 16.2. The Labute approximate surface area is 593 Å². The lowest BCUT2D eigenvalue weighted by Gasteiger charge is -2.22. The second-order valence-electron chi connectivity index (χ2n) is 23.4. The lowest BCUT2D eigenvalue weighted by atomic mass is 10.1. The van der Waals surface area contributed by atoms with Gasteiger partial charge in [0.15, 0.2) is 24.6 Å². The van der Waals surface area contributed by atoms with Crippen molar-refractivity contribution >= 4 is 46.5 Å². The predicted octanol–water partition coefficient (Wildman–Crippen LogP) is -0.872. The van der Waals surface area contributed by atoms with Crippen LogP contribution in [0.15, 0.2) is 120 Å². The average Bonchev–Trinajstić information content (AvgIpc) is 1.72. The van der Waals surface area contributed by atoms with Gasteiger partial charge in [-0.1, -0.05) is 42.5 Å². The quantitative estimate of drug-likeness (QED) is 0.0220. The minimum absolute atomic E-state index is 0.00840. The summed E-state index contributed by atoms with van der Waals surface area (Å²) in [4.78, 5) is 157. The lowest BCUT2D eigenvalue weighted by molar-refractivity contribution is -0.0570. The summed E-state index contributed by atoms with van der Waals surface area (Å²) in [5.74, 6) is -8.46. The van der Waals surface area contributed by atoms with Gasteiger partial charge in [-0.05, 0) is 49.9 Å². The van der Waals surface area contributed by atoms with Crippen LogP contribution in [0.25, 0.3) is 0 Å². The molecule has 594 valence electrons. The molecule has 15 atom stereocenters. The van der Waals surface area contributed by atoms with Crippen LogP contribution >= 0.6 is 46.5 Å². The van der Waals surface area contributed by atoms with E-state index in [1.54, 1.807) is 0 Å². The number of aromatic nitrogens is 6. The maximum atomic E-state index is 14.8. The highest BCUT2D eigenvalue weighted by Gasteiger charge is 2.49. The van der Waals surface area contributed by atoms with Gasteiger partial charge < -0.3 is 93.4 Å². The summed E-state index contributed by atoms with van der Waals surface area (Å²) in [5, 5.41) is 61.7. The van der Waals surface area contributed by atoms with Crippen molar-refractivity contribution in [3.8, 4) is 0 Å². The van der Waals surface area contributed by atoms with E-state index in [9.17, 15) is 128 Å². The summed E-state index contributed by atoms with van der Waals surface area (Å²) in [5.41, 5.74) is -6.40. The van der Waals surface area contributed by atoms with E-state index in [4.69, 9.17) is 43.6 Å². The van der Waals surface area contributed by atoms with Crippen LogP contribution in [0.1, 0.15) is 46.5 Å². The van der Waals surface area contributed by atoms with Crippen LogP contribution in [0.4, 0.5) is 26.3 Å². The molecule has 6 aromatic rings. The number of aryl methyl sites for hydroxylation is 4. The Morgan fingerprint density at radius 2 is 0.850 bits per heavy atom. The summed E-state index contributed by atoms with van der Waals surface area (Å²) in [6.07, 6.45) is -17.9. The van der Waals surface area contributed by atoms with Crippen molar-refractivity contribution < 1.29 is 165 Å².